The number of hydrogen-bond donors (Lipinski definition) is 2. The molecule has 1 aliphatic rings. The van der Waals surface area contributed by atoms with Crippen LogP contribution >= 0.6 is 0 Å². The van der Waals surface area contributed by atoms with Crippen LogP contribution in [0.2, 0.25) is 0 Å². The molecule has 1 fully saturated rings. The van der Waals surface area contributed by atoms with Gasteiger partial charge in [-0.05, 0) is 6.42 Å². The van der Waals surface area contributed by atoms with Gasteiger partial charge in [0.05, 0.1) is 6.61 Å². The average molecular weight is 130 g/mol. The Kier molecular flexibility index (Phi) is 2.45. The van der Waals surface area contributed by atoms with E-state index in [9.17, 15) is 0 Å². The third-order valence-corrected chi connectivity index (χ3v) is 1.62. The molecular formula is C6H14N2O. The van der Waals surface area contributed by atoms with Gasteiger partial charge in [0.15, 0.2) is 0 Å². The number of methoxy groups -OCH3 is 1. The highest BCUT2D eigenvalue weighted by atomic mass is 16.5. The van der Waals surface area contributed by atoms with E-state index in [-0.39, 0.29) is 0 Å². The molecule has 0 aromatic heterocycles. The van der Waals surface area contributed by atoms with Crippen molar-refractivity contribution in [1.82, 2.24) is 5.32 Å². The van der Waals surface area contributed by atoms with Crippen LogP contribution in [0.25, 0.3) is 0 Å². The summed E-state index contributed by atoms with van der Waals surface area (Å²) in [6, 6.07) is 0.829. The maximum atomic E-state index is 5.64. The summed E-state index contributed by atoms with van der Waals surface area (Å²) in [7, 11) is 1.71. The monoisotopic (exact) mass is 130 g/mol. The van der Waals surface area contributed by atoms with Crippen molar-refractivity contribution in [3.05, 3.63) is 0 Å². The molecule has 9 heavy (non-hydrogen) atoms. The lowest BCUT2D eigenvalue weighted by molar-refractivity contribution is 0.173. The van der Waals surface area contributed by atoms with E-state index in [0.717, 1.165) is 19.6 Å². The summed E-state index contributed by atoms with van der Waals surface area (Å²) in [5, 5.41) is 3.26. The first-order valence-electron chi connectivity index (χ1n) is 3.31. The summed E-state index contributed by atoms with van der Waals surface area (Å²) in [6.07, 6.45) is 1.05. The lowest BCUT2D eigenvalue weighted by Crippen LogP contribution is -2.26. The fraction of sp³-hybridized carbons (Fsp3) is 1.00. The normalized spacial score (nSPS) is 35.3. The van der Waals surface area contributed by atoms with Crippen LogP contribution in [0, 0.1) is 0 Å². The molecule has 0 spiro atoms. The summed E-state index contributed by atoms with van der Waals surface area (Å²) < 4.78 is 4.96. The molecule has 0 aliphatic carbocycles. The maximum Gasteiger partial charge on any atom is 0.0616 e. The van der Waals surface area contributed by atoms with Crippen molar-refractivity contribution in [2.45, 2.75) is 18.5 Å². The van der Waals surface area contributed by atoms with Gasteiger partial charge in [0, 0.05) is 25.7 Å². The van der Waals surface area contributed by atoms with Crippen LogP contribution in [0.3, 0.4) is 0 Å². The zero-order chi connectivity index (χ0) is 6.69. The van der Waals surface area contributed by atoms with E-state index in [1.165, 1.54) is 0 Å². The Labute approximate surface area is 55.6 Å². The van der Waals surface area contributed by atoms with Gasteiger partial charge in [-0.1, -0.05) is 0 Å². The zero-order valence-corrected chi connectivity index (χ0v) is 5.76. The van der Waals surface area contributed by atoms with Gasteiger partial charge in [0.1, 0.15) is 0 Å². The summed E-state index contributed by atoms with van der Waals surface area (Å²) in [5.74, 6) is 0. The second kappa shape index (κ2) is 3.15. The Morgan fingerprint density at radius 1 is 1.78 bits per heavy atom. The molecule has 1 aliphatic heterocycles. The van der Waals surface area contributed by atoms with Crippen molar-refractivity contribution in [2.24, 2.45) is 5.73 Å². The molecule has 3 N–H and O–H groups in total. The van der Waals surface area contributed by atoms with Gasteiger partial charge in [-0.25, -0.2) is 0 Å². The minimum absolute atomic E-state index is 0.338. The molecule has 0 aromatic rings. The van der Waals surface area contributed by atoms with E-state index in [0.29, 0.717) is 12.1 Å². The van der Waals surface area contributed by atoms with E-state index in [1.54, 1.807) is 7.11 Å². The van der Waals surface area contributed by atoms with Crippen LogP contribution in [0.5, 0.6) is 0 Å². The van der Waals surface area contributed by atoms with Gasteiger partial charge in [0.2, 0.25) is 0 Å². The van der Waals surface area contributed by atoms with Crippen LogP contribution in [-0.2, 0) is 4.74 Å². The van der Waals surface area contributed by atoms with Crippen LogP contribution in [0.15, 0.2) is 0 Å². The molecule has 0 radical (unpaired) electrons. The SMILES string of the molecule is COC[C@H]1CC(N)CN1. The molecule has 2 atom stereocenters. The predicted octanol–water partition coefficient (Wildman–Crippen LogP) is -0.678. The van der Waals surface area contributed by atoms with Gasteiger partial charge in [0.25, 0.3) is 0 Å². The number of hydrogen-bond acceptors (Lipinski definition) is 3. The second-order valence-corrected chi connectivity index (χ2v) is 2.56. The van der Waals surface area contributed by atoms with Gasteiger partial charge in [-0.15, -0.1) is 0 Å². The first kappa shape index (κ1) is 6.99. The first-order chi connectivity index (χ1) is 4.33. The summed E-state index contributed by atoms with van der Waals surface area (Å²) in [6.45, 7) is 1.72. The van der Waals surface area contributed by atoms with E-state index in [2.05, 4.69) is 5.32 Å². The molecular weight excluding hydrogens is 116 g/mol. The molecule has 0 bridgehead atoms. The third-order valence-electron chi connectivity index (χ3n) is 1.62. The molecule has 1 unspecified atom stereocenters. The molecule has 0 aromatic carbocycles. The van der Waals surface area contributed by atoms with E-state index in [4.69, 9.17) is 10.5 Å². The Bertz CT molecular complexity index is 85.1. The fourth-order valence-electron chi connectivity index (χ4n) is 1.18. The van der Waals surface area contributed by atoms with Gasteiger partial charge < -0.3 is 15.8 Å². The van der Waals surface area contributed by atoms with Gasteiger partial charge >= 0.3 is 0 Å². The van der Waals surface area contributed by atoms with Crippen molar-refractivity contribution in [1.29, 1.82) is 0 Å². The van der Waals surface area contributed by atoms with E-state index < -0.39 is 0 Å². The van der Waals surface area contributed by atoms with Crippen molar-refractivity contribution in [3.63, 3.8) is 0 Å². The zero-order valence-electron chi connectivity index (χ0n) is 5.76. The summed E-state index contributed by atoms with van der Waals surface area (Å²) in [5.41, 5.74) is 5.64. The highest BCUT2D eigenvalue weighted by Crippen LogP contribution is 2.03. The number of rotatable bonds is 2. The van der Waals surface area contributed by atoms with Crippen molar-refractivity contribution in [2.75, 3.05) is 20.3 Å². The number of nitrogens with two attached hydrogens (primary N) is 1. The van der Waals surface area contributed by atoms with Gasteiger partial charge in [-0.2, -0.15) is 0 Å². The van der Waals surface area contributed by atoms with Crippen LogP contribution in [0.1, 0.15) is 6.42 Å². The number of nitrogens with one attached hydrogen (secondary N) is 1. The lowest BCUT2D eigenvalue weighted by Gasteiger charge is -2.06. The van der Waals surface area contributed by atoms with Crippen LogP contribution in [-0.4, -0.2) is 32.3 Å². The van der Waals surface area contributed by atoms with Crippen LogP contribution < -0.4 is 11.1 Å². The molecule has 0 amide bonds. The van der Waals surface area contributed by atoms with Crippen molar-refractivity contribution >= 4 is 0 Å². The molecule has 54 valence electrons. The Hall–Kier alpha value is -0.120. The van der Waals surface area contributed by atoms with Crippen LogP contribution in [0.4, 0.5) is 0 Å². The fourth-order valence-corrected chi connectivity index (χ4v) is 1.18. The molecule has 1 saturated heterocycles. The highest BCUT2D eigenvalue weighted by molar-refractivity contribution is 4.83. The standard InChI is InChI=1S/C6H14N2O/c1-9-4-6-2-5(7)3-8-6/h5-6,8H,2-4,7H2,1H3/t5?,6-/m1/s1. The summed E-state index contributed by atoms with van der Waals surface area (Å²) in [4.78, 5) is 0. The average Bonchev–Trinajstić information content (AvgIpc) is 2.17. The molecule has 1 heterocycles. The largest absolute Gasteiger partial charge is 0.383 e. The minimum Gasteiger partial charge on any atom is -0.383 e. The topological polar surface area (TPSA) is 47.3 Å². The van der Waals surface area contributed by atoms with Gasteiger partial charge in [-0.3, -0.25) is 0 Å². The lowest BCUT2D eigenvalue weighted by atomic mass is 10.2. The molecule has 3 nitrogen and oxygen atoms in total. The predicted molar refractivity (Wildman–Crippen MR) is 36.3 cm³/mol. The smallest absolute Gasteiger partial charge is 0.0616 e. The van der Waals surface area contributed by atoms with Crippen molar-refractivity contribution in [3.8, 4) is 0 Å². The van der Waals surface area contributed by atoms with E-state index >= 15 is 0 Å². The highest BCUT2D eigenvalue weighted by Gasteiger charge is 2.19. The Balaban J connectivity index is 2.14. The number of ether oxygens (including phenoxy) is 1. The van der Waals surface area contributed by atoms with E-state index in [1.807, 2.05) is 0 Å². The summed E-state index contributed by atoms with van der Waals surface area (Å²) >= 11 is 0. The second-order valence-electron chi connectivity index (χ2n) is 2.56. The molecule has 3 heteroatoms. The minimum atomic E-state index is 0.338. The third kappa shape index (κ3) is 1.93. The Morgan fingerprint density at radius 3 is 3.00 bits per heavy atom. The maximum absolute atomic E-state index is 5.64. The first-order valence-corrected chi connectivity index (χ1v) is 3.31. The quantitative estimate of drug-likeness (QED) is 0.521. The molecule has 1 rings (SSSR count). The molecule has 0 saturated carbocycles. The Morgan fingerprint density at radius 2 is 2.56 bits per heavy atom. The van der Waals surface area contributed by atoms with Crippen molar-refractivity contribution < 1.29 is 4.74 Å².